The molecule has 0 aliphatic carbocycles. The van der Waals surface area contributed by atoms with E-state index in [1.54, 1.807) is 0 Å². The van der Waals surface area contributed by atoms with Gasteiger partial charge in [0.2, 0.25) is 0 Å². The van der Waals surface area contributed by atoms with Crippen LogP contribution in [0.2, 0.25) is 0 Å². The Morgan fingerprint density at radius 2 is 1.83 bits per heavy atom. The maximum atomic E-state index is 12.8. The first-order valence-electron chi connectivity index (χ1n) is 5.21. The van der Waals surface area contributed by atoms with Gasteiger partial charge in [-0.05, 0) is 31.5 Å². The highest BCUT2D eigenvalue weighted by atomic mass is 32.2. The monoisotopic (exact) mass is 281 g/mol. The summed E-state index contributed by atoms with van der Waals surface area (Å²) < 4.78 is 61.6. The molecule has 2 N–H and O–H groups in total. The summed E-state index contributed by atoms with van der Waals surface area (Å²) in [5, 5.41) is -0.726. The molecule has 0 heterocycles. The Morgan fingerprint density at radius 3 is 2.28 bits per heavy atom. The predicted molar refractivity (Wildman–Crippen MR) is 63.6 cm³/mol. The molecule has 0 aliphatic heterocycles. The first-order chi connectivity index (χ1) is 8.04. The largest absolute Gasteiger partial charge is 0.416 e. The van der Waals surface area contributed by atoms with Gasteiger partial charge in [-0.15, -0.1) is 0 Å². The molecular weight excluding hydrogens is 267 g/mol. The second-order valence-corrected chi connectivity index (χ2v) is 6.83. The normalized spacial score (nSPS) is 13.0. The van der Waals surface area contributed by atoms with Gasteiger partial charge in [0.1, 0.15) is 0 Å². The molecule has 3 nitrogen and oxygen atoms in total. The van der Waals surface area contributed by atoms with Crippen LogP contribution in [0.25, 0.3) is 0 Å². The minimum absolute atomic E-state index is 0.0481. The number of halogens is 3. The van der Waals surface area contributed by atoms with E-state index < -0.39 is 32.6 Å². The maximum absolute atomic E-state index is 12.8. The predicted octanol–water partition coefficient (Wildman–Crippen LogP) is 2.61. The average molecular weight is 281 g/mol. The summed E-state index contributed by atoms with van der Waals surface area (Å²) in [4.78, 5) is 0. The quantitative estimate of drug-likeness (QED) is 0.866. The summed E-state index contributed by atoms with van der Waals surface area (Å²) in [6, 6.07) is 3.13. The van der Waals surface area contributed by atoms with Crippen LogP contribution in [0.4, 0.5) is 18.9 Å². The number of nitrogen functional groups attached to an aromatic ring is 1. The first-order valence-corrected chi connectivity index (χ1v) is 6.93. The summed E-state index contributed by atoms with van der Waals surface area (Å²) in [6.45, 7) is 2.86. The molecule has 0 bridgehead atoms. The van der Waals surface area contributed by atoms with Crippen molar-refractivity contribution in [1.82, 2.24) is 0 Å². The molecule has 0 saturated carbocycles. The number of hydrogen-bond acceptors (Lipinski definition) is 3. The van der Waals surface area contributed by atoms with Crippen molar-refractivity contribution in [2.24, 2.45) is 0 Å². The number of rotatable bonds is 3. The summed E-state index contributed by atoms with van der Waals surface area (Å²) >= 11 is 0. The molecule has 1 rings (SSSR count). The fourth-order valence-corrected chi connectivity index (χ4v) is 2.39. The highest BCUT2D eigenvalue weighted by Crippen LogP contribution is 2.34. The number of anilines is 1. The summed E-state index contributed by atoms with van der Waals surface area (Å²) in [5.41, 5.74) is 3.98. The minimum atomic E-state index is -4.61. The molecule has 0 aliphatic rings. The standard InChI is InChI=1S/C11H14F3NO2S/c1-7(2)18(16,17)6-8-3-4-9(15)5-10(8)11(12,13)14/h3-5,7H,6,15H2,1-2H3. The van der Waals surface area contributed by atoms with Crippen LogP contribution in [-0.4, -0.2) is 13.7 Å². The lowest BCUT2D eigenvalue weighted by molar-refractivity contribution is -0.138. The van der Waals surface area contributed by atoms with Crippen molar-refractivity contribution in [2.75, 3.05) is 5.73 Å². The molecule has 0 radical (unpaired) electrons. The Kier molecular flexibility index (Phi) is 3.95. The van der Waals surface area contributed by atoms with E-state index in [2.05, 4.69) is 0 Å². The average Bonchev–Trinajstić information content (AvgIpc) is 2.18. The third kappa shape index (κ3) is 3.38. The fraction of sp³-hybridized carbons (Fsp3) is 0.455. The number of hydrogen-bond donors (Lipinski definition) is 1. The third-order valence-corrected chi connectivity index (χ3v) is 4.66. The molecule has 0 amide bonds. The minimum Gasteiger partial charge on any atom is -0.399 e. The highest BCUT2D eigenvalue weighted by Gasteiger charge is 2.34. The molecule has 0 fully saturated rings. The Hall–Kier alpha value is -1.24. The Morgan fingerprint density at radius 1 is 1.28 bits per heavy atom. The smallest absolute Gasteiger partial charge is 0.399 e. The van der Waals surface area contributed by atoms with Gasteiger partial charge in [0.15, 0.2) is 9.84 Å². The zero-order chi connectivity index (χ0) is 14.1. The van der Waals surface area contributed by atoms with Crippen LogP contribution in [0.3, 0.4) is 0 Å². The van der Waals surface area contributed by atoms with Crippen LogP contribution in [0.1, 0.15) is 25.0 Å². The van der Waals surface area contributed by atoms with Gasteiger partial charge in [-0.2, -0.15) is 13.2 Å². The zero-order valence-electron chi connectivity index (χ0n) is 9.95. The first kappa shape index (κ1) is 14.8. The Bertz CT molecular complexity index is 536. The van der Waals surface area contributed by atoms with Crippen molar-refractivity contribution in [3.63, 3.8) is 0 Å². The molecule has 1 aromatic rings. The van der Waals surface area contributed by atoms with Crippen molar-refractivity contribution in [3.8, 4) is 0 Å². The Balaban J connectivity index is 3.27. The summed E-state index contributed by atoms with van der Waals surface area (Å²) in [7, 11) is -3.59. The van der Waals surface area contributed by atoms with Crippen LogP contribution in [0.5, 0.6) is 0 Å². The van der Waals surface area contributed by atoms with Crippen molar-refractivity contribution in [1.29, 1.82) is 0 Å². The van der Waals surface area contributed by atoms with E-state index in [1.807, 2.05) is 0 Å². The molecule has 18 heavy (non-hydrogen) atoms. The molecule has 1 aromatic carbocycles. The number of nitrogens with two attached hydrogens (primary N) is 1. The van der Waals surface area contributed by atoms with E-state index in [9.17, 15) is 21.6 Å². The molecule has 7 heteroatoms. The lowest BCUT2D eigenvalue weighted by Gasteiger charge is -2.15. The van der Waals surface area contributed by atoms with E-state index in [0.29, 0.717) is 0 Å². The fourth-order valence-electron chi connectivity index (χ4n) is 1.37. The van der Waals surface area contributed by atoms with Gasteiger partial charge in [-0.25, -0.2) is 8.42 Å². The lowest BCUT2D eigenvalue weighted by atomic mass is 10.1. The lowest BCUT2D eigenvalue weighted by Crippen LogP contribution is -2.19. The van der Waals surface area contributed by atoms with Crippen molar-refractivity contribution in [3.05, 3.63) is 29.3 Å². The van der Waals surface area contributed by atoms with Gasteiger partial charge >= 0.3 is 6.18 Å². The van der Waals surface area contributed by atoms with Crippen molar-refractivity contribution >= 4 is 15.5 Å². The zero-order valence-corrected chi connectivity index (χ0v) is 10.8. The van der Waals surface area contributed by atoms with Crippen LogP contribution >= 0.6 is 0 Å². The van der Waals surface area contributed by atoms with Crippen molar-refractivity contribution < 1.29 is 21.6 Å². The van der Waals surface area contributed by atoms with Gasteiger partial charge in [0, 0.05) is 5.69 Å². The van der Waals surface area contributed by atoms with Crippen LogP contribution in [0.15, 0.2) is 18.2 Å². The molecule has 0 atom stereocenters. The van der Waals surface area contributed by atoms with Crippen LogP contribution in [-0.2, 0) is 21.8 Å². The number of sulfone groups is 1. The molecule has 102 valence electrons. The summed E-state index contributed by atoms with van der Waals surface area (Å²) in [6.07, 6.45) is -4.61. The number of benzene rings is 1. The molecule has 0 spiro atoms. The molecular formula is C11H14F3NO2S. The van der Waals surface area contributed by atoms with Gasteiger partial charge in [-0.3, -0.25) is 0 Å². The van der Waals surface area contributed by atoms with E-state index in [0.717, 1.165) is 12.1 Å². The summed E-state index contributed by atoms with van der Waals surface area (Å²) in [5.74, 6) is -0.639. The van der Waals surface area contributed by atoms with Gasteiger partial charge in [0.05, 0.1) is 16.6 Å². The second kappa shape index (κ2) is 4.79. The van der Waals surface area contributed by atoms with E-state index in [4.69, 9.17) is 5.73 Å². The Labute approximate surface area is 104 Å². The molecule has 0 aromatic heterocycles. The SMILES string of the molecule is CC(C)S(=O)(=O)Cc1ccc(N)cc1C(F)(F)F. The highest BCUT2D eigenvalue weighted by molar-refractivity contribution is 7.91. The number of alkyl halides is 3. The van der Waals surface area contributed by atoms with Crippen LogP contribution < -0.4 is 5.73 Å². The maximum Gasteiger partial charge on any atom is 0.416 e. The van der Waals surface area contributed by atoms with E-state index >= 15 is 0 Å². The van der Waals surface area contributed by atoms with E-state index in [1.165, 1.54) is 19.9 Å². The van der Waals surface area contributed by atoms with Crippen LogP contribution in [0, 0.1) is 0 Å². The van der Waals surface area contributed by atoms with Gasteiger partial charge in [0.25, 0.3) is 0 Å². The van der Waals surface area contributed by atoms with Gasteiger partial charge in [-0.1, -0.05) is 6.07 Å². The second-order valence-electron chi connectivity index (χ2n) is 4.27. The van der Waals surface area contributed by atoms with Crippen molar-refractivity contribution in [2.45, 2.75) is 31.0 Å². The molecule has 0 saturated heterocycles. The van der Waals surface area contributed by atoms with E-state index in [-0.39, 0.29) is 11.3 Å². The van der Waals surface area contributed by atoms with Gasteiger partial charge < -0.3 is 5.73 Å². The third-order valence-electron chi connectivity index (χ3n) is 2.51. The topological polar surface area (TPSA) is 60.2 Å². The molecule has 0 unspecified atom stereocenters.